The van der Waals surface area contributed by atoms with E-state index in [1.165, 1.54) is 11.1 Å². The molecule has 2 aromatic carbocycles. The molecule has 100 valence electrons. The zero-order chi connectivity index (χ0) is 13.7. The minimum absolute atomic E-state index is 0.329. The smallest absolute Gasteiger partial charge is 0.0372 e. The largest absolute Gasteiger partial charge is 0.310 e. The van der Waals surface area contributed by atoms with Crippen molar-refractivity contribution in [1.82, 2.24) is 5.32 Å². The molecule has 3 heteroatoms. The molecule has 0 bridgehead atoms. The summed E-state index contributed by atoms with van der Waals surface area (Å²) < 4.78 is 2.29. The fourth-order valence-corrected chi connectivity index (χ4v) is 3.20. The van der Waals surface area contributed by atoms with Crippen molar-refractivity contribution in [1.29, 1.82) is 0 Å². The maximum Gasteiger partial charge on any atom is 0.0372 e. The second kappa shape index (κ2) is 7.22. The Morgan fingerprint density at radius 1 is 1.05 bits per heavy atom. The average Bonchev–Trinajstić information content (AvgIpc) is 2.39. The van der Waals surface area contributed by atoms with Crippen LogP contribution in [0, 0.1) is 0 Å². The Morgan fingerprint density at radius 2 is 1.84 bits per heavy atom. The highest BCUT2D eigenvalue weighted by atomic mass is 79.9. The van der Waals surface area contributed by atoms with Crippen molar-refractivity contribution in [3.63, 3.8) is 0 Å². The number of hydrogen-bond donors (Lipinski definition) is 1. The molecule has 19 heavy (non-hydrogen) atoms. The van der Waals surface area contributed by atoms with Crippen molar-refractivity contribution in [3.8, 4) is 0 Å². The van der Waals surface area contributed by atoms with Gasteiger partial charge in [0.2, 0.25) is 0 Å². The van der Waals surface area contributed by atoms with Crippen LogP contribution in [0.1, 0.15) is 24.1 Å². The SMILES string of the molecule is CCNC(Cc1cccc(Br)c1)c1ccccc1Br. The van der Waals surface area contributed by atoms with Gasteiger partial charge < -0.3 is 5.32 Å². The maximum absolute atomic E-state index is 3.65. The maximum atomic E-state index is 3.65. The monoisotopic (exact) mass is 381 g/mol. The van der Waals surface area contributed by atoms with Crippen LogP contribution in [-0.2, 0) is 6.42 Å². The number of nitrogens with one attached hydrogen (secondary N) is 1. The Morgan fingerprint density at radius 3 is 2.53 bits per heavy atom. The van der Waals surface area contributed by atoms with Crippen molar-refractivity contribution in [2.24, 2.45) is 0 Å². The average molecular weight is 383 g/mol. The molecule has 0 fully saturated rings. The van der Waals surface area contributed by atoms with E-state index in [0.717, 1.165) is 21.9 Å². The lowest BCUT2D eigenvalue weighted by Crippen LogP contribution is -2.23. The molecule has 0 saturated heterocycles. The quantitative estimate of drug-likeness (QED) is 0.757. The molecule has 1 nitrogen and oxygen atoms in total. The van der Waals surface area contributed by atoms with Crippen LogP contribution in [0.15, 0.2) is 57.5 Å². The van der Waals surface area contributed by atoms with Gasteiger partial charge in [0.05, 0.1) is 0 Å². The van der Waals surface area contributed by atoms with Crippen LogP contribution >= 0.6 is 31.9 Å². The lowest BCUT2D eigenvalue weighted by molar-refractivity contribution is 0.548. The first kappa shape index (κ1) is 14.8. The summed E-state index contributed by atoms with van der Waals surface area (Å²) in [6.07, 6.45) is 0.982. The first-order valence-corrected chi connectivity index (χ1v) is 8.01. The molecule has 0 aliphatic heterocycles. The number of benzene rings is 2. The van der Waals surface area contributed by atoms with E-state index in [4.69, 9.17) is 0 Å². The lowest BCUT2D eigenvalue weighted by atomic mass is 9.99. The second-order valence-electron chi connectivity index (χ2n) is 4.47. The molecule has 1 atom stereocenters. The van der Waals surface area contributed by atoms with Crippen molar-refractivity contribution >= 4 is 31.9 Å². The highest BCUT2D eigenvalue weighted by molar-refractivity contribution is 9.10. The summed E-state index contributed by atoms with van der Waals surface area (Å²) in [5.41, 5.74) is 2.64. The Kier molecular flexibility index (Phi) is 5.61. The van der Waals surface area contributed by atoms with Gasteiger partial charge in [-0.25, -0.2) is 0 Å². The van der Waals surface area contributed by atoms with Crippen LogP contribution < -0.4 is 5.32 Å². The zero-order valence-electron chi connectivity index (χ0n) is 10.9. The minimum atomic E-state index is 0.329. The Bertz CT molecular complexity index is 540. The van der Waals surface area contributed by atoms with E-state index in [1.54, 1.807) is 0 Å². The molecule has 0 saturated carbocycles. The first-order valence-electron chi connectivity index (χ1n) is 6.43. The van der Waals surface area contributed by atoms with Gasteiger partial charge in [0, 0.05) is 15.0 Å². The van der Waals surface area contributed by atoms with Crippen LogP contribution in [0.2, 0.25) is 0 Å². The van der Waals surface area contributed by atoms with Gasteiger partial charge in [0.15, 0.2) is 0 Å². The van der Waals surface area contributed by atoms with Gasteiger partial charge in [-0.15, -0.1) is 0 Å². The van der Waals surface area contributed by atoms with Gasteiger partial charge >= 0.3 is 0 Å². The molecular formula is C16H17Br2N. The molecule has 0 radical (unpaired) electrons. The third kappa shape index (κ3) is 4.16. The molecule has 2 rings (SSSR count). The zero-order valence-corrected chi connectivity index (χ0v) is 14.0. The summed E-state index contributed by atoms with van der Waals surface area (Å²) in [7, 11) is 0. The predicted molar refractivity (Wildman–Crippen MR) is 88.4 cm³/mol. The summed E-state index contributed by atoms with van der Waals surface area (Å²) >= 11 is 7.18. The number of hydrogen-bond acceptors (Lipinski definition) is 1. The molecule has 0 spiro atoms. The highest BCUT2D eigenvalue weighted by Crippen LogP contribution is 2.26. The molecule has 1 unspecified atom stereocenters. The molecule has 1 N–H and O–H groups in total. The molecule has 0 aromatic heterocycles. The van der Waals surface area contributed by atoms with Crippen LogP contribution in [0.5, 0.6) is 0 Å². The molecule has 0 aliphatic rings. The van der Waals surface area contributed by atoms with Crippen molar-refractivity contribution in [2.45, 2.75) is 19.4 Å². The Balaban J connectivity index is 2.24. The lowest BCUT2D eigenvalue weighted by Gasteiger charge is -2.20. The van der Waals surface area contributed by atoms with E-state index >= 15 is 0 Å². The predicted octanol–water partition coefficient (Wildman–Crippen LogP) is 5.10. The van der Waals surface area contributed by atoms with Gasteiger partial charge in [0.1, 0.15) is 0 Å². The standard InChI is InChI=1S/C16H17Br2N/c1-2-19-16(14-8-3-4-9-15(14)18)11-12-6-5-7-13(17)10-12/h3-10,16,19H,2,11H2,1H3. The first-order chi connectivity index (χ1) is 9.20. The van der Waals surface area contributed by atoms with Crippen molar-refractivity contribution < 1.29 is 0 Å². The summed E-state index contributed by atoms with van der Waals surface area (Å²) in [6.45, 7) is 3.10. The van der Waals surface area contributed by atoms with Crippen molar-refractivity contribution in [2.75, 3.05) is 6.54 Å². The second-order valence-corrected chi connectivity index (χ2v) is 6.24. The summed E-state index contributed by atoms with van der Waals surface area (Å²) in [4.78, 5) is 0. The number of likely N-dealkylation sites (N-methyl/N-ethyl adjacent to an activating group) is 1. The van der Waals surface area contributed by atoms with Gasteiger partial charge in [-0.1, -0.05) is 69.1 Å². The van der Waals surface area contributed by atoms with E-state index < -0.39 is 0 Å². The van der Waals surface area contributed by atoms with Gasteiger partial charge in [0.25, 0.3) is 0 Å². The third-order valence-corrected chi connectivity index (χ3v) is 4.28. The molecular weight excluding hydrogens is 366 g/mol. The molecule has 0 heterocycles. The Hall–Kier alpha value is -0.640. The fourth-order valence-electron chi connectivity index (χ4n) is 2.20. The summed E-state index contributed by atoms with van der Waals surface area (Å²) in [5.74, 6) is 0. The molecule has 0 aliphatic carbocycles. The summed E-state index contributed by atoms with van der Waals surface area (Å²) in [6, 6.07) is 17.2. The Labute approximate surface area is 131 Å². The van der Waals surface area contributed by atoms with Crippen LogP contribution in [-0.4, -0.2) is 6.54 Å². The topological polar surface area (TPSA) is 12.0 Å². The summed E-state index contributed by atoms with van der Waals surface area (Å²) in [5, 5.41) is 3.56. The third-order valence-electron chi connectivity index (χ3n) is 3.06. The molecule has 2 aromatic rings. The minimum Gasteiger partial charge on any atom is -0.310 e. The van der Waals surface area contributed by atoms with E-state index in [2.05, 4.69) is 92.6 Å². The van der Waals surface area contributed by atoms with E-state index in [-0.39, 0.29) is 0 Å². The number of rotatable bonds is 5. The van der Waals surface area contributed by atoms with Gasteiger partial charge in [-0.05, 0) is 42.3 Å². The van der Waals surface area contributed by atoms with Crippen LogP contribution in [0.4, 0.5) is 0 Å². The molecule has 0 amide bonds. The van der Waals surface area contributed by atoms with E-state index in [1.807, 2.05) is 0 Å². The van der Waals surface area contributed by atoms with Gasteiger partial charge in [-0.3, -0.25) is 0 Å². The normalized spacial score (nSPS) is 12.4. The van der Waals surface area contributed by atoms with Crippen LogP contribution in [0.3, 0.4) is 0 Å². The van der Waals surface area contributed by atoms with Crippen LogP contribution in [0.25, 0.3) is 0 Å². The number of halogens is 2. The van der Waals surface area contributed by atoms with Gasteiger partial charge in [-0.2, -0.15) is 0 Å². The highest BCUT2D eigenvalue weighted by Gasteiger charge is 2.13. The fraction of sp³-hybridized carbons (Fsp3) is 0.250. The van der Waals surface area contributed by atoms with E-state index in [9.17, 15) is 0 Å². The van der Waals surface area contributed by atoms with E-state index in [0.29, 0.717) is 6.04 Å². The van der Waals surface area contributed by atoms with Crippen molar-refractivity contribution in [3.05, 3.63) is 68.6 Å².